The van der Waals surface area contributed by atoms with Crippen LogP contribution in [0.1, 0.15) is 40.9 Å². The van der Waals surface area contributed by atoms with Gasteiger partial charge in [0.1, 0.15) is 5.56 Å². The summed E-state index contributed by atoms with van der Waals surface area (Å²) in [7, 11) is 1.66. The second-order valence-electron chi connectivity index (χ2n) is 7.35. The number of carbonyl (C=O) groups excluding carboxylic acids is 2. The van der Waals surface area contributed by atoms with E-state index in [0.717, 1.165) is 18.5 Å². The van der Waals surface area contributed by atoms with Crippen molar-refractivity contribution in [2.24, 2.45) is 7.05 Å². The second-order valence-corrected chi connectivity index (χ2v) is 7.35. The number of morpholine rings is 1. The van der Waals surface area contributed by atoms with Crippen molar-refractivity contribution in [1.29, 1.82) is 0 Å². The van der Waals surface area contributed by atoms with Gasteiger partial charge in [0, 0.05) is 31.7 Å². The Labute approximate surface area is 159 Å². The summed E-state index contributed by atoms with van der Waals surface area (Å²) in [5.41, 5.74) is 1.34. The summed E-state index contributed by atoms with van der Waals surface area (Å²) in [4.78, 5) is 39.8. The molecular weight excluding hydrogens is 346 g/mol. The number of rotatable bonds is 4. The minimum atomic E-state index is -0.369. The quantitative estimate of drug-likeness (QED) is 0.801. The van der Waals surface area contributed by atoms with Crippen LogP contribution < -0.4 is 10.9 Å². The summed E-state index contributed by atoms with van der Waals surface area (Å²) in [6.45, 7) is 4.69. The maximum absolute atomic E-state index is 13.2. The number of hydrogen-bond acceptors (Lipinski definition) is 4. The molecule has 0 radical (unpaired) electrons. The van der Waals surface area contributed by atoms with E-state index in [0.29, 0.717) is 25.3 Å². The molecule has 0 bridgehead atoms. The molecule has 1 aromatic rings. The van der Waals surface area contributed by atoms with E-state index in [-0.39, 0.29) is 41.4 Å². The third-order valence-electron chi connectivity index (χ3n) is 5.36. The molecule has 1 aromatic heterocycles. The molecule has 0 saturated carbocycles. The molecule has 27 heavy (non-hydrogen) atoms. The summed E-state index contributed by atoms with van der Waals surface area (Å²) in [6, 6.07) is 1.60. The van der Waals surface area contributed by atoms with Crippen molar-refractivity contribution < 1.29 is 14.3 Å². The molecule has 2 amide bonds. The van der Waals surface area contributed by atoms with Crippen molar-refractivity contribution in [3.05, 3.63) is 45.4 Å². The number of pyridine rings is 1. The van der Waals surface area contributed by atoms with Gasteiger partial charge in [-0.2, -0.15) is 0 Å². The fourth-order valence-corrected chi connectivity index (χ4v) is 3.71. The van der Waals surface area contributed by atoms with Crippen LogP contribution in [0.2, 0.25) is 0 Å². The summed E-state index contributed by atoms with van der Waals surface area (Å²) in [6.07, 6.45) is 5.97. The van der Waals surface area contributed by atoms with Crippen LogP contribution in [0.15, 0.2) is 23.0 Å². The topological polar surface area (TPSA) is 80.6 Å². The number of nitrogens with one attached hydrogen (secondary N) is 1. The third kappa shape index (κ3) is 4.13. The molecule has 0 unspecified atom stereocenters. The van der Waals surface area contributed by atoms with E-state index < -0.39 is 0 Å². The molecule has 1 fully saturated rings. The van der Waals surface area contributed by atoms with Crippen LogP contribution in [0.4, 0.5) is 0 Å². The highest BCUT2D eigenvalue weighted by Gasteiger charge is 2.32. The van der Waals surface area contributed by atoms with E-state index in [9.17, 15) is 14.4 Å². The molecule has 3 rings (SSSR count). The fourth-order valence-electron chi connectivity index (χ4n) is 3.71. The Morgan fingerprint density at radius 2 is 1.96 bits per heavy atom. The van der Waals surface area contributed by atoms with Crippen molar-refractivity contribution in [3.8, 4) is 0 Å². The lowest BCUT2D eigenvalue weighted by Crippen LogP contribution is -2.52. The maximum atomic E-state index is 13.2. The van der Waals surface area contributed by atoms with Crippen molar-refractivity contribution >= 4 is 11.8 Å². The molecule has 0 spiro atoms. The number of hydrogen-bond donors (Lipinski definition) is 1. The van der Waals surface area contributed by atoms with Crippen LogP contribution in [-0.2, 0) is 16.6 Å². The Morgan fingerprint density at radius 3 is 2.67 bits per heavy atom. The average Bonchev–Trinajstić information content (AvgIpc) is 3.13. The molecule has 1 aliphatic carbocycles. The Balaban J connectivity index is 1.77. The molecule has 1 aliphatic heterocycles. The highest BCUT2D eigenvalue weighted by Crippen LogP contribution is 2.17. The molecule has 0 aromatic carbocycles. The molecule has 1 atom stereocenters. The van der Waals surface area contributed by atoms with Gasteiger partial charge in [0.25, 0.3) is 11.5 Å². The molecular formula is C20H27N3O4. The predicted octanol–water partition coefficient (Wildman–Crippen LogP) is 1.07. The fraction of sp³-hybridized carbons (Fsp3) is 0.550. The molecule has 2 heterocycles. The average molecular weight is 373 g/mol. The first-order valence-corrected chi connectivity index (χ1v) is 9.38. The Kier molecular flexibility index (Phi) is 5.79. The van der Waals surface area contributed by atoms with Gasteiger partial charge in [-0.05, 0) is 38.3 Å². The van der Waals surface area contributed by atoms with Gasteiger partial charge in [-0.1, -0.05) is 12.2 Å². The molecule has 1 saturated heterocycles. The van der Waals surface area contributed by atoms with Crippen LogP contribution in [0.3, 0.4) is 0 Å². The second kappa shape index (κ2) is 8.08. The van der Waals surface area contributed by atoms with Crippen molar-refractivity contribution in [2.45, 2.75) is 45.2 Å². The SMILES string of the molecule is Cc1cc(C)n(C)c(=O)c1C(=O)N1CCOC[C@@H]1CC(=O)NC1CC=CC1. The van der Waals surface area contributed by atoms with Gasteiger partial charge >= 0.3 is 0 Å². The van der Waals surface area contributed by atoms with E-state index in [4.69, 9.17) is 4.74 Å². The summed E-state index contributed by atoms with van der Waals surface area (Å²) in [5.74, 6) is -0.415. The van der Waals surface area contributed by atoms with Gasteiger partial charge in [0.05, 0.1) is 19.3 Å². The van der Waals surface area contributed by atoms with Crippen LogP contribution in [0, 0.1) is 13.8 Å². The van der Waals surface area contributed by atoms with E-state index in [1.165, 1.54) is 4.57 Å². The van der Waals surface area contributed by atoms with Crippen LogP contribution >= 0.6 is 0 Å². The minimum Gasteiger partial charge on any atom is -0.377 e. The highest BCUT2D eigenvalue weighted by molar-refractivity contribution is 5.96. The van der Waals surface area contributed by atoms with Gasteiger partial charge in [-0.3, -0.25) is 14.4 Å². The van der Waals surface area contributed by atoms with Crippen molar-refractivity contribution in [2.75, 3.05) is 19.8 Å². The van der Waals surface area contributed by atoms with Crippen molar-refractivity contribution in [1.82, 2.24) is 14.8 Å². The molecule has 1 N–H and O–H groups in total. The van der Waals surface area contributed by atoms with Crippen LogP contribution in [0.5, 0.6) is 0 Å². The Hall–Kier alpha value is -2.41. The van der Waals surface area contributed by atoms with E-state index in [2.05, 4.69) is 17.5 Å². The first kappa shape index (κ1) is 19.4. The lowest BCUT2D eigenvalue weighted by atomic mass is 10.0. The predicted molar refractivity (Wildman–Crippen MR) is 102 cm³/mol. The summed E-state index contributed by atoms with van der Waals surface area (Å²) < 4.78 is 6.98. The minimum absolute atomic E-state index is 0.0921. The number of amides is 2. The summed E-state index contributed by atoms with van der Waals surface area (Å²) >= 11 is 0. The molecule has 2 aliphatic rings. The monoisotopic (exact) mass is 373 g/mol. The molecule has 146 valence electrons. The lowest BCUT2D eigenvalue weighted by Gasteiger charge is -2.35. The normalized spacial score (nSPS) is 20.1. The smallest absolute Gasteiger partial charge is 0.263 e. The number of ether oxygens (including phenoxy) is 1. The van der Waals surface area contributed by atoms with E-state index in [1.807, 2.05) is 13.0 Å². The molecule has 7 heteroatoms. The highest BCUT2D eigenvalue weighted by atomic mass is 16.5. The zero-order chi connectivity index (χ0) is 19.6. The first-order valence-electron chi connectivity index (χ1n) is 9.38. The standard InChI is InChI=1S/C20H27N3O4/c1-13-10-14(2)22(3)19(25)18(13)20(26)23-8-9-27-12-16(23)11-17(24)21-15-6-4-5-7-15/h4-5,10,15-16H,6-9,11-12H2,1-3H3,(H,21,24)/t16-/m0/s1. The number of aryl methyl sites for hydroxylation is 2. The third-order valence-corrected chi connectivity index (χ3v) is 5.36. The van der Waals surface area contributed by atoms with Crippen LogP contribution in [-0.4, -0.2) is 53.1 Å². The van der Waals surface area contributed by atoms with E-state index in [1.54, 1.807) is 18.9 Å². The Bertz CT molecular complexity index is 819. The number of aromatic nitrogens is 1. The number of nitrogens with zero attached hydrogens (tertiary/aromatic N) is 2. The number of carbonyl (C=O) groups is 2. The van der Waals surface area contributed by atoms with Crippen molar-refractivity contribution in [3.63, 3.8) is 0 Å². The lowest BCUT2D eigenvalue weighted by molar-refractivity contribution is -0.124. The molecule has 7 nitrogen and oxygen atoms in total. The van der Waals surface area contributed by atoms with Gasteiger partial charge in [0.15, 0.2) is 0 Å². The first-order chi connectivity index (χ1) is 12.9. The Morgan fingerprint density at radius 1 is 1.26 bits per heavy atom. The summed E-state index contributed by atoms with van der Waals surface area (Å²) in [5, 5.41) is 3.00. The van der Waals surface area contributed by atoms with Gasteiger partial charge in [-0.15, -0.1) is 0 Å². The van der Waals surface area contributed by atoms with E-state index >= 15 is 0 Å². The van der Waals surface area contributed by atoms with Crippen LogP contribution in [0.25, 0.3) is 0 Å². The van der Waals surface area contributed by atoms with Gasteiger partial charge in [-0.25, -0.2) is 0 Å². The van der Waals surface area contributed by atoms with Gasteiger partial charge in [0.2, 0.25) is 5.91 Å². The zero-order valence-corrected chi connectivity index (χ0v) is 16.2. The maximum Gasteiger partial charge on any atom is 0.263 e. The van der Waals surface area contributed by atoms with Gasteiger partial charge < -0.3 is 19.5 Å². The zero-order valence-electron chi connectivity index (χ0n) is 16.2. The largest absolute Gasteiger partial charge is 0.377 e.